The van der Waals surface area contributed by atoms with Crippen LogP contribution in [0.2, 0.25) is 10.0 Å². The fraction of sp³-hybridized carbons (Fsp3) is 0.238. The van der Waals surface area contributed by atoms with Gasteiger partial charge in [0.25, 0.3) is 5.91 Å². The number of hydrogen-bond acceptors (Lipinski definition) is 6. The Morgan fingerprint density at radius 1 is 1.07 bits per heavy atom. The van der Waals surface area contributed by atoms with Crippen molar-refractivity contribution in [2.24, 2.45) is 0 Å². The van der Waals surface area contributed by atoms with Crippen LogP contribution in [-0.4, -0.2) is 30.6 Å². The van der Waals surface area contributed by atoms with Gasteiger partial charge in [-0.3, -0.25) is 9.69 Å². The molecular formula is C21H19Cl2NO4S2. The van der Waals surface area contributed by atoms with E-state index < -0.39 is 0 Å². The molecule has 0 spiro atoms. The highest BCUT2D eigenvalue weighted by atomic mass is 35.5. The molecular weight excluding hydrogens is 465 g/mol. The molecule has 158 valence electrons. The lowest BCUT2D eigenvalue weighted by molar-refractivity contribution is -0.113. The maximum Gasteiger partial charge on any atom is 0.270 e. The molecule has 0 N–H and O–H groups in total. The van der Waals surface area contributed by atoms with E-state index in [4.69, 9.17) is 49.6 Å². The molecule has 0 bridgehead atoms. The monoisotopic (exact) mass is 483 g/mol. The Labute approximate surface area is 194 Å². The number of hydrogen-bond donors (Lipinski definition) is 0. The summed E-state index contributed by atoms with van der Waals surface area (Å²) in [6, 6.07) is 8.60. The molecule has 9 heteroatoms. The van der Waals surface area contributed by atoms with Gasteiger partial charge >= 0.3 is 0 Å². The minimum Gasteiger partial charge on any atom is -0.495 e. The number of methoxy groups -OCH3 is 1. The number of carbonyl (C=O) groups excluding carboxylic acids is 1. The van der Waals surface area contributed by atoms with Crippen LogP contribution in [0.25, 0.3) is 6.08 Å². The van der Waals surface area contributed by atoms with E-state index in [0.29, 0.717) is 61.0 Å². The van der Waals surface area contributed by atoms with E-state index in [2.05, 4.69) is 0 Å². The maximum absolute atomic E-state index is 13.0. The van der Waals surface area contributed by atoms with Crippen LogP contribution in [0.3, 0.4) is 0 Å². The van der Waals surface area contributed by atoms with Gasteiger partial charge in [-0.05, 0) is 55.8 Å². The van der Waals surface area contributed by atoms with Gasteiger partial charge in [-0.2, -0.15) is 0 Å². The first-order valence-corrected chi connectivity index (χ1v) is 11.1. The van der Waals surface area contributed by atoms with Gasteiger partial charge in [-0.1, -0.05) is 47.2 Å². The molecule has 0 unspecified atom stereocenters. The molecule has 0 saturated carbocycles. The van der Waals surface area contributed by atoms with Gasteiger partial charge in [0.05, 0.1) is 41.0 Å². The van der Waals surface area contributed by atoms with Gasteiger partial charge in [0.2, 0.25) is 0 Å². The van der Waals surface area contributed by atoms with E-state index in [-0.39, 0.29) is 5.91 Å². The van der Waals surface area contributed by atoms with Crippen LogP contribution in [0.15, 0.2) is 35.2 Å². The average Bonchev–Trinajstić information content (AvgIpc) is 2.98. The maximum atomic E-state index is 13.0. The zero-order valence-corrected chi connectivity index (χ0v) is 19.7. The largest absolute Gasteiger partial charge is 0.495 e. The van der Waals surface area contributed by atoms with Crippen molar-refractivity contribution in [3.63, 3.8) is 0 Å². The lowest BCUT2D eigenvalue weighted by Gasteiger charge is -2.15. The Morgan fingerprint density at radius 3 is 2.43 bits per heavy atom. The third kappa shape index (κ3) is 4.70. The van der Waals surface area contributed by atoms with E-state index >= 15 is 0 Å². The molecule has 1 aliphatic heterocycles. The Bertz CT molecular complexity index is 1030. The summed E-state index contributed by atoms with van der Waals surface area (Å²) in [4.78, 5) is 14.9. The fourth-order valence-electron chi connectivity index (χ4n) is 2.85. The topological polar surface area (TPSA) is 48.0 Å². The van der Waals surface area contributed by atoms with Gasteiger partial charge in [-0.25, -0.2) is 0 Å². The SMILES string of the molecule is CCOc1cc(/C=C2/SC(=S)N(c3ccc(OC)c(Cl)c3)C2=O)cc(Cl)c1OCC. The van der Waals surface area contributed by atoms with Gasteiger partial charge in [0, 0.05) is 0 Å². The number of anilines is 1. The summed E-state index contributed by atoms with van der Waals surface area (Å²) in [5.74, 6) is 1.29. The summed E-state index contributed by atoms with van der Waals surface area (Å²) in [5, 5.41) is 0.805. The highest BCUT2D eigenvalue weighted by Crippen LogP contribution is 2.41. The van der Waals surface area contributed by atoms with Crippen LogP contribution in [0.4, 0.5) is 5.69 Å². The van der Waals surface area contributed by atoms with Crippen LogP contribution in [0, 0.1) is 0 Å². The normalized spacial score (nSPS) is 15.1. The van der Waals surface area contributed by atoms with Crippen molar-refractivity contribution in [3.8, 4) is 17.2 Å². The average molecular weight is 484 g/mol. The summed E-state index contributed by atoms with van der Waals surface area (Å²) < 4.78 is 16.8. The molecule has 2 aromatic carbocycles. The number of rotatable bonds is 7. The van der Waals surface area contributed by atoms with Crippen molar-refractivity contribution < 1.29 is 19.0 Å². The predicted molar refractivity (Wildman–Crippen MR) is 127 cm³/mol. The molecule has 0 atom stereocenters. The van der Waals surface area contributed by atoms with Crippen LogP contribution >= 0.6 is 47.2 Å². The van der Waals surface area contributed by atoms with Crippen LogP contribution in [0.1, 0.15) is 19.4 Å². The highest BCUT2D eigenvalue weighted by Gasteiger charge is 2.33. The van der Waals surface area contributed by atoms with Crippen molar-refractivity contribution in [2.45, 2.75) is 13.8 Å². The summed E-state index contributed by atoms with van der Waals surface area (Å²) in [6.45, 7) is 4.67. The zero-order valence-electron chi connectivity index (χ0n) is 16.5. The number of halogens is 2. The molecule has 1 fully saturated rings. The minimum absolute atomic E-state index is 0.241. The van der Waals surface area contributed by atoms with Crippen LogP contribution in [0.5, 0.6) is 17.2 Å². The second-order valence-electron chi connectivity index (χ2n) is 6.03. The van der Waals surface area contributed by atoms with Crippen molar-refractivity contribution in [1.82, 2.24) is 0 Å². The molecule has 0 aromatic heterocycles. The first kappa shape index (κ1) is 22.7. The van der Waals surface area contributed by atoms with E-state index in [0.717, 1.165) is 0 Å². The molecule has 1 aliphatic rings. The molecule has 1 saturated heterocycles. The summed E-state index contributed by atoms with van der Waals surface area (Å²) >= 11 is 19.2. The number of benzene rings is 2. The summed E-state index contributed by atoms with van der Waals surface area (Å²) in [6.07, 6.45) is 1.73. The predicted octanol–water partition coefficient (Wildman–Crippen LogP) is 6.21. The number of thioether (sulfide) groups is 1. The number of ether oxygens (including phenoxy) is 3. The summed E-state index contributed by atoms with van der Waals surface area (Å²) in [7, 11) is 1.53. The van der Waals surface area contributed by atoms with E-state index in [1.807, 2.05) is 13.8 Å². The second kappa shape index (κ2) is 9.92. The van der Waals surface area contributed by atoms with Gasteiger partial charge < -0.3 is 14.2 Å². The van der Waals surface area contributed by atoms with Crippen molar-refractivity contribution >= 4 is 69.2 Å². The molecule has 2 aromatic rings. The van der Waals surface area contributed by atoms with Gasteiger partial charge in [0.15, 0.2) is 15.8 Å². The van der Waals surface area contributed by atoms with Crippen LogP contribution in [-0.2, 0) is 4.79 Å². The van der Waals surface area contributed by atoms with Crippen molar-refractivity contribution in [3.05, 3.63) is 50.8 Å². The molecule has 1 heterocycles. The van der Waals surface area contributed by atoms with Crippen molar-refractivity contribution in [1.29, 1.82) is 0 Å². The summed E-state index contributed by atoms with van der Waals surface area (Å²) in [5.41, 5.74) is 1.28. The molecule has 3 rings (SSSR count). The number of nitrogens with zero attached hydrogens (tertiary/aromatic N) is 1. The van der Waals surface area contributed by atoms with Crippen molar-refractivity contribution in [2.75, 3.05) is 25.2 Å². The number of thiocarbonyl (C=S) groups is 1. The first-order valence-electron chi connectivity index (χ1n) is 9.10. The zero-order chi connectivity index (χ0) is 21.8. The van der Waals surface area contributed by atoms with Crippen LogP contribution < -0.4 is 19.1 Å². The Morgan fingerprint density at radius 2 is 1.80 bits per heavy atom. The number of amides is 1. The van der Waals surface area contributed by atoms with Gasteiger partial charge in [0.1, 0.15) is 5.75 Å². The quantitative estimate of drug-likeness (QED) is 0.344. The molecule has 30 heavy (non-hydrogen) atoms. The molecule has 0 aliphatic carbocycles. The first-order chi connectivity index (χ1) is 14.4. The lowest BCUT2D eigenvalue weighted by atomic mass is 10.1. The van der Waals surface area contributed by atoms with Gasteiger partial charge in [-0.15, -0.1) is 0 Å². The van der Waals surface area contributed by atoms with E-state index in [1.54, 1.807) is 36.4 Å². The molecule has 5 nitrogen and oxygen atoms in total. The third-order valence-electron chi connectivity index (χ3n) is 4.11. The molecule has 1 amide bonds. The third-order valence-corrected chi connectivity index (χ3v) is 5.98. The highest BCUT2D eigenvalue weighted by molar-refractivity contribution is 8.27. The smallest absolute Gasteiger partial charge is 0.270 e. The second-order valence-corrected chi connectivity index (χ2v) is 8.52. The van der Waals surface area contributed by atoms with E-state index in [9.17, 15) is 4.79 Å². The Kier molecular flexibility index (Phi) is 7.52. The number of carbonyl (C=O) groups is 1. The Hall–Kier alpha value is -1.93. The minimum atomic E-state index is -0.241. The standard InChI is InChI=1S/C21H19Cl2NO4S2/c1-4-27-17-9-12(8-15(23)19(17)28-5-2)10-18-20(25)24(21(29)30-18)13-6-7-16(26-3)14(22)11-13/h6-11H,4-5H2,1-3H3/b18-10+. The van der Waals surface area contributed by atoms with E-state index in [1.165, 1.54) is 23.8 Å². The lowest BCUT2D eigenvalue weighted by Crippen LogP contribution is -2.27. The fourth-order valence-corrected chi connectivity index (χ4v) is 4.68. The molecule has 0 radical (unpaired) electrons. The Balaban J connectivity index is 1.94.